The topological polar surface area (TPSA) is 105 Å². The Kier molecular flexibility index (Phi) is 4.79. The van der Waals surface area contributed by atoms with Gasteiger partial charge in [-0.25, -0.2) is 4.79 Å². The lowest BCUT2D eigenvalue weighted by molar-refractivity contribution is -0.139. The van der Waals surface area contributed by atoms with Gasteiger partial charge in [0, 0.05) is 13.3 Å². The molecule has 1 aromatic rings. The van der Waals surface area contributed by atoms with E-state index in [1.54, 1.807) is 24.2 Å². The molecule has 1 aliphatic rings. The summed E-state index contributed by atoms with van der Waals surface area (Å²) in [7, 11) is 1.61. The van der Waals surface area contributed by atoms with Gasteiger partial charge in [-0.1, -0.05) is 0 Å². The van der Waals surface area contributed by atoms with Gasteiger partial charge in [0.05, 0.1) is 37.0 Å². The maximum atomic E-state index is 11.9. The maximum absolute atomic E-state index is 11.9. The number of carbonyl (C=O) groups excluding carboxylic acids is 1. The molecule has 21 heavy (non-hydrogen) atoms. The van der Waals surface area contributed by atoms with Crippen molar-refractivity contribution in [2.45, 2.75) is 37.8 Å². The van der Waals surface area contributed by atoms with Crippen LogP contribution in [0.5, 0.6) is 0 Å². The highest BCUT2D eigenvalue weighted by molar-refractivity contribution is 5.90. The second-order valence-corrected chi connectivity index (χ2v) is 5.27. The van der Waals surface area contributed by atoms with E-state index in [1.807, 2.05) is 0 Å². The molecule has 3 N–H and O–H groups in total. The van der Waals surface area contributed by atoms with Gasteiger partial charge in [-0.15, -0.1) is 0 Å². The molecule has 116 valence electrons. The van der Waals surface area contributed by atoms with Crippen LogP contribution >= 0.6 is 0 Å². The van der Waals surface area contributed by atoms with Gasteiger partial charge >= 0.3 is 12.0 Å². The number of rotatable bonds is 7. The van der Waals surface area contributed by atoms with Gasteiger partial charge < -0.3 is 20.5 Å². The highest BCUT2D eigenvalue weighted by Crippen LogP contribution is 2.34. The molecule has 1 aromatic heterocycles. The minimum atomic E-state index is -0.901. The largest absolute Gasteiger partial charge is 0.481 e. The molecule has 2 rings (SSSR count). The Labute approximate surface area is 122 Å². The summed E-state index contributed by atoms with van der Waals surface area (Å²) in [6, 6.07) is -0.401. The smallest absolute Gasteiger partial charge is 0.319 e. The molecule has 8 heteroatoms. The summed E-state index contributed by atoms with van der Waals surface area (Å²) in [6.07, 6.45) is 5.51. The van der Waals surface area contributed by atoms with Crippen molar-refractivity contribution in [2.75, 3.05) is 19.0 Å². The van der Waals surface area contributed by atoms with Gasteiger partial charge in [0.2, 0.25) is 0 Å². The van der Waals surface area contributed by atoms with E-state index in [-0.39, 0.29) is 6.42 Å². The fraction of sp³-hybridized carbons (Fsp3) is 0.615. The molecule has 1 aliphatic carbocycles. The number of carboxylic acids is 1. The maximum Gasteiger partial charge on any atom is 0.319 e. The van der Waals surface area contributed by atoms with Crippen molar-refractivity contribution >= 4 is 17.7 Å². The molecule has 0 aliphatic heterocycles. The van der Waals surface area contributed by atoms with Crippen molar-refractivity contribution < 1.29 is 19.4 Å². The van der Waals surface area contributed by atoms with E-state index in [0.29, 0.717) is 31.7 Å². The lowest BCUT2D eigenvalue weighted by Gasteiger charge is -2.41. The van der Waals surface area contributed by atoms with Gasteiger partial charge in [0.25, 0.3) is 0 Å². The zero-order valence-electron chi connectivity index (χ0n) is 12.0. The average molecular weight is 296 g/mol. The zero-order chi connectivity index (χ0) is 15.3. The van der Waals surface area contributed by atoms with Crippen LogP contribution in [0, 0.1) is 0 Å². The summed E-state index contributed by atoms with van der Waals surface area (Å²) >= 11 is 0. The molecule has 1 saturated carbocycles. The summed E-state index contributed by atoms with van der Waals surface area (Å²) in [5.41, 5.74) is -0.0458. The number of methoxy groups -OCH3 is 1. The van der Waals surface area contributed by atoms with Crippen LogP contribution in [0.25, 0.3) is 0 Å². The number of urea groups is 1. The van der Waals surface area contributed by atoms with Crippen LogP contribution in [0.4, 0.5) is 10.5 Å². The Morgan fingerprint density at radius 1 is 1.52 bits per heavy atom. The molecular formula is C13H20N4O4. The minimum absolute atomic E-state index is 0.0481. The SMILES string of the molecule is COCCn1cc(NC(=O)NC2(CC(=O)O)CCC2)cn1. The van der Waals surface area contributed by atoms with E-state index in [2.05, 4.69) is 15.7 Å². The summed E-state index contributed by atoms with van der Waals surface area (Å²) in [4.78, 5) is 22.8. The highest BCUT2D eigenvalue weighted by atomic mass is 16.5. The Morgan fingerprint density at radius 3 is 2.86 bits per heavy atom. The molecule has 0 bridgehead atoms. The van der Waals surface area contributed by atoms with Crippen LogP contribution in [0.2, 0.25) is 0 Å². The van der Waals surface area contributed by atoms with Gasteiger partial charge in [-0.2, -0.15) is 5.10 Å². The van der Waals surface area contributed by atoms with E-state index in [4.69, 9.17) is 9.84 Å². The van der Waals surface area contributed by atoms with Crippen molar-refractivity contribution in [1.29, 1.82) is 0 Å². The number of ether oxygens (including phenoxy) is 1. The number of carboxylic acid groups (broad SMARTS) is 1. The first-order chi connectivity index (χ1) is 10.0. The Morgan fingerprint density at radius 2 is 2.29 bits per heavy atom. The van der Waals surface area contributed by atoms with Crippen LogP contribution in [0.3, 0.4) is 0 Å². The van der Waals surface area contributed by atoms with Gasteiger partial charge in [-0.3, -0.25) is 9.48 Å². The first-order valence-electron chi connectivity index (χ1n) is 6.85. The molecule has 1 fully saturated rings. The minimum Gasteiger partial charge on any atom is -0.481 e. The molecule has 0 saturated heterocycles. The monoisotopic (exact) mass is 296 g/mol. The van der Waals surface area contributed by atoms with Crippen LogP contribution in [0.15, 0.2) is 12.4 Å². The van der Waals surface area contributed by atoms with Crippen molar-refractivity contribution in [3.05, 3.63) is 12.4 Å². The molecule has 0 radical (unpaired) electrons. The first-order valence-corrected chi connectivity index (χ1v) is 6.85. The lowest BCUT2D eigenvalue weighted by Crippen LogP contribution is -2.55. The molecule has 0 aromatic carbocycles. The molecular weight excluding hydrogens is 276 g/mol. The average Bonchev–Trinajstić information content (AvgIpc) is 2.80. The van der Waals surface area contributed by atoms with Crippen LogP contribution < -0.4 is 10.6 Å². The predicted molar refractivity (Wildman–Crippen MR) is 75.1 cm³/mol. The van der Waals surface area contributed by atoms with Crippen LogP contribution in [-0.2, 0) is 16.1 Å². The summed E-state index contributed by atoms with van der Waals surface area (Å²) in [6.45, 7) is 1.14. The third-order valence-corrected chi connectivity index (χ3v) is 3.59. The first kappa shape index (κ1) is 15.3. The van der Waals surface area contributed by atoms with Crippen LogP contribution in [-0.4, -0.2) is 46.1 Å². The quantitative estimate of drug-likeness (QED) is 0.697. The van der Waals surface area contributed by atoms with E-state index in [1.165, 1.54) is 0 Å². The third-order valence-electron chi connectivity index (χ3n) is 3.59. The van der Waals surface area contributed by atoms with E-state index >= 15 is 0 Å². The Bertz CT molecular complexity index is 510. The van der Waals surface area contributed by atoms with E-state index in [0.717, 1.165) is 6.42 Å². The Hall–Kier alpha value is -2.09. The van der Waals surface area contributed by atoms with Crippen LogP contribution in [0.1, 0.15) is 25.7 Å². The van der Waals surface area contributed by atoms with Crippen molar-refractivity contribution in [1.82, 2.24) is 15.1 Å². The number of aromatic nitrogens is 2. The molecule has 2 amide bonds. The molecule has 1 heterocycles. The second kappa shape index (κ2) is 6.57. The number of anilines is 1. The molecule has 0 spiro atoms. The number of aliphatic carboxylic acids is 1. The number of hydrogen-bond donors (Lipinski definition) is 3. The molecule has 0 atom stereocenters. The second-order valence-electron chi connectivity index (χ2n) is 5.27. The van der Waals surface area contributed by atoms with Gasteiger partial charge in [-0.05, 0) is 19.3 Å². The number of nitrogens with zero attached hydrogens (tertiary/aromatic N) is 2. The number of amides is 2. The van der Waals surface area contributed by atoms with E-state index in [9.17, 15) is 9.59 Å². The molecule has 0 unspecified atom stereocenters. The third kappa shape index (κ3) is 4.19. The van der Waals surface area contributed by atoms with Gasteiger partial charge in [0.1, 0.15) is 0 Å². The molecule has 8 nitrogen and oxygen atoms in total. The summed E-state index contributed by atoms with van der Waals surface area (Å²) < 4.78 is 6.61. The number of hydrogen-bond acceptors (Lipinski definition) is 4. The predicted octanol–water partition coefficient (Wildman–Crippen LogP) is 1.05. The highest BCUT2D eigenvalue weighted by Gasteiger charge is 2.40. The number of carbonyl (C=O) groups is 2. The van der Waals surface area contributed by atoms with Crippen molar-refractivity contribution in [3.8, 4) is 0 Å². The standard InChI is InChI=1S/C13H20N4O4/c1-21-6-5-17-9-10(8-14-17)15-12(20)16-13(3-2-4-13)7-11(18)19/h8-9H,2-7H2,1H3,(H,18,19)(H2,15,16,20). The summed E-state index contributed by atoms with van der Waals surface area (Å²) in [5, 5.41) is 18.4. The number of nitrogens with one attached hydrogen (secondary N) is 2. The zero-order valence-corrected chi connectivity index (χ0v) is 12.0. The summed E-state index contributed by atoms with van der Waals surface area (Å²) in [5.74, 6) is -0.901. The van der Waals surface area contributed by atoms with E-state index < -0.39 is 17.5 Å². The van der Waals surface area contributed by atoms with Crippen molar-refractivity contribution in [3.63, 3.8) is 0 Å². The van der Waals surface area contributed by atoms with Gasteiger partial charge in [0.15, 0.2) is 0 Å². The fourth-order valence-corrected chi connectivity index (χ4v) is 2.38. The lowest BCUT2D eigenvalue weighted by atomic mass is 9.74. The fourth-order valence-electron chi connectivity index (χ4n) is 2.38. The van der Waals surface area contributed by atoms with Crippen molar-refractivity contribution in [2.24, 2.45) is 0 Å². The Balaban J connectivity index is 1.86. The normalized spacial score (nSPS) is 16.0.